The van der Waals surface area contributed by atoms with Crippen molar-refractivity contribution < 1.29 is 9.18 Å². The fourth-order valence-corrected chi connectivity index (χ4v) is 5.10. The second-order valence-electron chi connectivity index (χ2n) is 9.24. The number of nitrogens with one attached hydrogen (secondary N) is 1. The van der Waals surface area contributed by atoms with Crippen LogP contribution in [0.4, 0.5) is 27.4 Å². The first-order chi connectivity index (χ1) is 17.5. The summed E-state index contributed by atoms with van der Waals surface area (Å²) in [4.78, 5) is 29.1. The molecule has 2 aliphatic heterocycles. The molecule has 1 atom stereocenters. The molecule has 188 valence electrons. The maximum Gasteiger partial charge on any atom is 0.250 e. The van der Waals surface area contributed by atoms with Gasteiger partial charge < -0.3 is 15.1 Å². The van der Waals surface area contributed by atoms with Crippen LogP contribution in [0, 0.1) is 5.82 Å². The molecule has 9 heteroatoms. The zero-order valence-electron chi connectivity index (χ0n) is 20.3. The fraction of sp³-hybridized carbons (Fsp3) is 0.370. The number of benzene rings is 2. The van der Waals surface area contributed by atoms with Crippen molar-refractivity contribution in [3.8, 4) is 0 Å². The predicted octanol–water partition coefficient (Wildman–Crippen LogP) is 5.11. The molecule has 1 fully saturated rings. The summed E-state index contributed by atoms with van der Waals surface area (Å²) in [5, 5.41) is 4.03. The van der Waals surface area contributed by atoms with Crippen molar-refractivity contribution in [2.75, 3.05) is 46.2 Å². The molecule has 0 saturated carbocycles. The maximum atomic E-state index is 13.7. The summed E-state index contributed by atoms with van der Waals surface area (Å²) < 4.78 is 13.4. The van der Waals surface area contributed by atoms with E-state index in [0.717, 1.165) is 62.5 Å². The number of halogens is 2. The lowest BCUT2D eigenvalue weighted by atomic mass is 10.0. The highest BCUT2D eigenvalue weighted by atomic mass is 35.5. The Kier molecular flexibility index (Phi) is 7.23. The molecule has 0 spiro atoms. The standard InChI is InChI=1S/C27H30ClFN6O/c1-2-3-7-23-27(36)35(17-19-5-4-6-20(28)16-19)24-25(32-23)30-18-31-26(24)34-14-12-33(13-15-34)22-10-8-21(29)9-11-22/h4-6,8-11,16,18,23H,2-3,7,12-15,17H2,1H3,(H,30,31,32)/t23-/m0/s1. The molecule has 1 N–H and O–H groups in total. The summed E-state index contributed by atoms with van der Waals surface area (Å²) in [7, 11) is 0. The molecule has 0 aliphatic carbocycles. The van der Waals surface area contributed by atoms with Crippen LogP contribution in [0.1, 0.15) is 31.7 Å². The van der Waals surface area contributed by atoms with Crippen LogP contribution in [0.3, 0.4) is 0 Å². The van der Waals surface area contributed by atoms with Crippen LogP contribution in [-0.4, -0.2) is 48.1 Å². The Labute approximate surface area is 215 Å². The van der Waals surface area contributed by atoms with Crippen molar-refractivity contribution in [3.05, 3.63) is 71.3 Å². The van der Waals surface area contributed by atoms with Crippen molar-refractivity contribution in [2.45, 2.75) is 38.8 Å². The van der Waals surface area contributed by atoms with E-state index in [2.05, 4.69) is 32.0 Å². The van der Waals surface area contributed by atoms with Gasteiger partial charge in [0.05, 0.1) is 6.54 Å². The molecule has 0 unspecified atom stereocenters. The van der Waals surface area contributed by atoms with Gasteiger partial charge in [-0.1, -0.05) is 43.5 Å². The highest BCUT2D eigenvalue weighted by Crippen LogP contribution is 2.39. The van der Waals surface area contributed by atoms with Crippen LogP contribution < -0.4 is 20.0 Å². The van der Waals surface area contributed by atoms with E-state index in [0.29, 0.717) is 23.1 Å². The summed E-state index contributed by atoms with van der Waals surface area (Å²) >= 11 is 6.25. The summed E-state index contributed by atoms with van der Waals surface area (Å²) in [6.07, 6.45) is 4.28. The van der Waals surface area contributed by atoms with Gasteiger partial charge >= 0.3 is 0 Å². The minimum atomic E-state index is -0.324. The Bertz CT molecular complexity index is 1220. The summed E-state index contributed by atoms with van der Waals surface area (Å²) in [5.74, 6) is 1.22. The number of aromatic nitrogens is 2. The van der Waals surface area contributed by atoms with Gasteiger partial charge in [0.15, 0.2) is 11.6 Å². The van der Waals surface area contributed by atoms with Gasteiger partial charge in [0.1, 0.15) is 23.9 Å². The largest absolute Gasteiger partial charge is 0.368 e. The number of unbranched alkanes of at least 4 members (excludes halogenated alkanes) is 1. The summed E-state index contributed by atoms with van der Waals surface area (Å²) in [6, 6.07) is 13.9. The van der Waals surface area contributed by atoms with Gasteiger partial charge in [0.25, 0.3) is 0 Å². The molecule has 2 aromatic carbocycles. The normalized spacial score (nSPS) is 17.7. The highest BCUT2D eigenvalue weighted by Gasteiger charge is 2.37. The Balaban J connectivity index is 1.43. The van der Waals surface area contributed by atoms with Crippen LogP contribution in [0.25, 0.3) is 0 Å². The second-order valence-corrected chi connectivity index (χ2v) is 9.67. The molecule has 1 aromatic heterocycles. The number of fused-ring (bicyclic) bond motifs is 1. The lowest BCUT2D eigenvalue weighted by Crippen LogP contribution is -2.50. The number of piperazine rings is 1. The average molecular weight is 509 g/mol. The molecule has 2 aliphatic rings. The van der Waals surface area contributed by atoms with E-state index >= 15 is 0 Å². The van der Waals surface area contributed by atoms with E-state index in [1.165, 1.54) is 12.1 Å². The molecule has 0 bridgehead atoms. The van der Waals surface area contributed by atoms with Gasteiger partial charge in [-0.25, -0.2) is 14.4 Å². The molecule has 5 rings (SSSR count). The average Bonchev–Trinajstić information content (AvgIpc) is 2.89. The lowest BCUT2D eigenvalue weighted by molar-refractivity contribution is -0.119. The van der Waals surface area contributed by atoms with Crippen LogP contribution >= 0.6 is 11.6 Å². The van der Waals surface area contributed by atoms with Gasteiger partial charge in [-0.2, -0.15) is 0 Å². The van der Waals surface area contributed by atoms with Gasteiger partial charge in [0.2, 0.25) is 5.91 Å². The van der Waals surface area contributed by atoms with Crippen molar-refractivity contribution in [3.63, 3.8) is 0 Å². The Morgan fingerprint density at radius 2 is 1.81 bits per heavy atom. The first kappa shape index (κ1) is 24.3. The van der Waals surface area contributed by atoms with Gasteiger partial charge in [-0.15, -0.1) is 0 Å². The zero-order chi connectivity index (χ0) is 25.1. The summed E-state index contributed by atoms with van der Waals surface area (Å²) in [6.45, 7) is 5.49. The number of nitrogens with zero attached hydrogens (tertiary/aromatic N) is 5. The van der Waals surface area contributed by atoms with E-state index in [9.17, 15) is 9.18 Å². The van der Waals surface area contributed by atoms with Crippen molar-refractivity contribution in [1.29, 1.82) is 0 Å². The molecular formula is C27H30ClFN6O. The van der Waals surface area contributed by atoms with Crippen LogP contribution in [-0.2, 0) is 11.3 Å². The third-order valence-corrected chi connectivity index (χ3v) is 7.03. The second kappa shape index (κ2) is 10.7. The Morgan fingerprint density at radius 3 is 2.53 bits per heavy atom. The molecule has 3 aromatic rings. The smallest absolute Gasteiger partial charge is 0.250 e. The molecule has 1 saturated heterocycles. The van der Waals surface area contributed by atoms with Gasteiger partial charge in [0, 0.05) is 36.9 Å². The van der Waals surface area contributed by atoms with Crippen LogP contribution in [0.5, 0.6) is 0 Å². The lowest BCUT2D eigenvalue weighted by Gasteiger charge is -2.40. The monoisotopic (exact) mass is 508 g/mol. The molecule has 7 nitrogen and oxygen atoms in total. The third-order valence-electron chi connectivity index (χ3n) is 6.80. The van der Waals surface area contributed by atoms with Crippen molar-refractivity contribution >= 4 is 40.5 Å². The maximum absolute atomic E-state index is 13.7. The number of amides is 1. The van der Waals surface area contributed by atoms with E-state index < -0.39 is 0 Å². The topological polar surface area (TPSA) is 64.6 Å². The van der Waals surface area contributed by atoms with Crippen molar-refractivity contribution in [2.24, 2.45) is 0 Å². The SMILES string of the molecule is CCCC[C@@H]1Nc2ncnc(N3CCN(c4ccc(F)cc4)CC3)c2N(Cc2cccc(Cl)c2)C1=O. The molecule has 0 radical (unpaired) electrons. The van der Waals surface area contributed by atoms with E-state index in [1.54, 1.807) is 6.33 Å². The zero-order valence-corrected chi connectivity index (χ0v) is 21.1. The Morgan fingerprint density at radius 1 is 1.06 bits per heavy atom. The third kappa shape index (κ3) is 5.09. The van der Waals surface area contributed by atoms with Gasteiger partial charge in [-0.05, 0) is 48.4 Å². The number of rotatable bonds is 7. The van der Waals surface area contributed by atoms with E-state index in [-0.39, 0.29) is 17.8 Å². The first-order valence-electron chi connectivity index (χ1n) is 12.5. The quantitative estimate of drug-likeness (QED) is 0.478. The van der Waals surface area contributed by atoms with Gasteiger partial charge in [-0.3, -0.25) is 9.69 Å². The highest BCUT2D eigenvalue weighted by molar-refractivity contribution is 6.30. The van der Waals surface area contributed by atoms with Crippen LogP contribution in [0.2, 0.25) is 5.02 Å². The minimum Gasteiger partial charge on any atom is -0.368 e. The summed E-state index contributed by atoms with van der Waals surface area (Å²) in [5.41, 5.74) is 2.67. The molecule has 36 heavy (non-hydrogen) atoms. The molecular weight excluding hydrogens is 479 g/mol. The number of hydrogen-bond donors (Lipinski definition) is 1. The number of carbonyl (C=O) groups excluding carboxylic acids is 1. The predicted molar refractivity (Wildman–Crippen MR) is 142 cm³/mol. The first-order valence-corrected chi connectivity index (χ1v) is 12.8. The Hall–Kier alpha value is -3.39. The van der Waals surface area contributed by atoms with E-state index in [1.807, 2.05) is 41.3 Å². The fourth-order valence-electron chi connectivity index (χ4n) is 4.89. The van der Waals surface area contributed by atoms with Crippen LogP contribution in [0.15, 0.2) is 54.9 Å². The number of hydrogen-bond acceptors (Lipinski definition) is 6. The molecule has 1 amide bonds. The molecule has 3 heterocycles. The van der Waals surface area contributed by atoms with E-state index in [4.69, 9.17) is 11.6 Å². The number of carbonyl (C=O) groups is 1. The minimum absolute atomic E-state index is 0.0249. The van der Waals surface area contributed by atoms with Crippen molar-refractivity contribution in [1.82, 2.24) is 9.97 Å². The number of anilines is 4.